The van der Waals surface area contributed by atoms with Crippen LogP contribution in [0.2, 0.25) is 0 Å². The second-order valence-corrected chi connectivity index (χ2v) is 7.72. The van der Waals surface area contributed by atoms with Crippen molar-refractivity contribution in [3.63, 3.8) is 0 Å². The zero-order chi connectivity index (χ0) is 17.3. The van der Waals surface area contributed by atoms with Gasteiger partial charge in [-0.25, -0.2) is 0 Å². The molecule has 0 bridgehead atoms. The van der Waals surface area contributed by atoms with Crippen LogP contribution in [-0.4, -0.2) is 75.3 Å². The monoisotopic (exact) mass is 466 g/mol. The predicted octanol–water partition coefficient (Wildman–Crippen LogP) is 3.19. The molecule has 0 aliphatic carbocycles. The average Bonchev–Trinajstić information content (AvgIpc) is 2.59. The van der Waals surface area contributed by atoms with Crippen molar-refractivity contribution < 1.29 is 4.74 Å². The van der Waals surface area contributed by atoms with Gasteiger partial charge in [-0.05, 0) is 44.1 Å². The minimum absolute atomic E-state index is 0. The van der Waals surface area contributed by atoms with E-state index in [1.807, 2.05) is 7.05 Å². The molecule has 5 nitrogen and oxygen atoms in total. The van der Waals surface area contributed by atoms with Crippen LogP contribution in [0.25, 0.3) is 0 Å². The van der Waals surface area contributed by atoms with E-state index >= 15 is 0 Å². The van der Waals surface area contributed by atoms with Crippen LogP contribution < -0.4 is 5.32 Å². The molecule has 1 N–H and O–H groups in total. The summed E-state index contributed by atoms with van der Waals surface area (Å²) in [6.45, 7) is 13.2. The van der Waals surface area contributed by atoms with Gasteiger partial charge in [-0.1, -0.05) is 20.3 Å². The Kier molecular flexibility index (Phi) is 11.3. The highest BCUT2D eigenvalue weighted by molar-refractivity contribution is 14.0. The second kappa shape index (κ2) is 12.3. The van der Waals surface area contributed by atoms with E-state index in [-0.39, 0.29) is 24.0 Å². The van der Waals surface area contributed by atoms with Gasteiger partial charge in [0.1, 0.15) is 0 Å². The van der Waals surface area contributed by atoms with Gasteiger partial charge >= 0.3 is 0 Å². The zero-order valence-electron chi connectivity index (χ0n) is 16.6. The number of nitrogens with zero attached hydrogens (tertiary/aromatic N) is 3. The summed E-state index contributed by atoms with van der Waals surface area (Å²) in [6, 6.07) is 0. The number of hydrogen-bond donors (Lipinski definition) is 1. The third kappa shape index (κ3) is 7.99. The van der Waals surface area contributed by atoms with Crippen LogP contribution >= 0.6 is 24.0 Å². The maximum Gasteiger partial charge on any atom is 0.193 e. The molecule has 0 aromatic carbocycles. The first kappa shape index (κ1) is 23.0. The Morgan fingerprint density at radius 3 is 2.64 bits per heavy atom. The molecule has 0 radical (unpaired) electrons. The van der Waals surface area contributed by atoms with Gasteiger partial charge in [0, 0.05) is 39.8 Å². The van der Waals surface area contributed by atoms with Crippen LogP contribution in [0.4, 0.5) is 0 Å². The fourth-order valence-corrected chi connectivity index (χ4v) is 4.12. The molecule has 2 aliphatic heterocycles. The van der Waals surface area contributed by atoms with Crippen LogP contribution in [0.3, 0.4) is 0 Å². The van der Waals surface area contributed by atoms with Gasteiger partial charge < -0.3 is 15.0 Å². The summed E-state index contributed by atoms with van der Waals surface area (Å²) < 4.78 is 5.40. The minimum atomic E-state index is 0. The van der Waals surface area contributed by atoms with Crippen molar-refractivity contribution in [2.24, 2.45) is 10.4 Å². The number of aliphatic imine (C=N–C) groups is 1. The van der Waals surface area contributed by atoms with Gasteiger partial charge in [0.15, 0.2) is 5.96 Å². The maximum absolute atomic E-state index is 5.40. The van der Waals surface area contributed by atoms with Crippen molar-refractivity contribution in [1.29, 1.82) is 0 Å². The fraction of sp³-hybridized carbons (Fsp3) is 0.947. The molecular formula is C19H39IN4O. The molecule has 0 saturated carbocycles. The Morgan fingerprint density at radius 1 is 1.20 bits per heavy atom. The standard InChI is InChI=1S/C19H38N4O.HI/c1-4-8-19(2)9-7-12-23(17-19)18(20-3)21-10-5-6-11-22-13-15-24-16-14-22;/h4-17H2,1-3H3,(H,20,21);1H. The first-order chi connectivity index (χ1) is 11.7. The van der Waals surface area contributed by atoms with E-state index in [2.05, 4.69) is 34.0 Å². The van der Waals surface area contributed by atoms with Gasteiger partial charge in [0.2, 0.25) is 0 Å². The van der Waals surface area contributed by atoms with Crippen LogP contribution in [-0.2, 0) is 4.74 Å². The highest BCUT2D eigenvalue weighted by Gasteiger charge is 2.31. The lowest BCUT2D eigenvalue weighted by molar-refractivity contribution is 0.0372. The van der Waals surface area contributed by atoms with Crippen molar-refractivity contribution in [3.05, 3.63) is 0 Å². The van der Waals surface area contributed by atoms with E-state index in [1.165, 1.54) is 45.1 Å². The number of guanidine groups is 1. The first-order valence-electron chi connectivity index (χ1n) is 9.92. The third-order valence-corrected chi connectivity index (χ3v) is 5.43. The van der Waals surface area contributed by atoms with Gasteiger partial charge in [0.25, 0.3) is 0 Å². The highest BCUT2D eigenvalue weighted by atomic mass is 127. The SMILES string of the molecule is CCCC1(C)CCCN(C(=NC)NCCCCN2CCOCC2)C1.I. The molecule has 2 rings (SSSR count). The molecule has 2 aliphatic rings. The largest absolute Gasteiger partial charge is 0.379 e. The summed E-state index contributed by atoms with van der Waals surface area (Å²) in [5, 5.41) is 3.59. The number of piperidine rings is 1. The lowest BCUT2D eigenvalue weighted by Gasteiger charge is -2.42. The number of likely N-dealkylation sites (tertiary alicyclic amines) is 1. The molecule has 1 atom stereocenters. The number of nitrogens with one attached hydrogen (secondary N) is 1. The summed E-state index contributed by atoms with van der Waals surface area (Å²) in [5.74, 6) is 1.10. The van der Waals surface area contributed by atoms with Gasteiger partial charge in [-0.2, -0.15) is 0 Å². The predicted molar refractivity (Wildman–Crippen MR) is 117 cm³/mol. The molecule has 6 heteroatoms. The van der Waals surface area contributed by atoms with Crippen molar-refractivity contribution in [1.82, 2.24) is 15.1 Å². The van der Waals surface area contributed by atoms with Crippen LogP contribution in [0, 0.1) is 5.41 Å². The Labute approximate surface area is 172 Å². The Balaban J connectivity index is 0.00000312. The lowest BCUT2D eigenvalue weighted by atomic mass is 9.78. The van der Waals surface area contributed by atoms with E-state index in [0.717, 1.165) is 51.9 Å². The molecule has 0 aromatic heterocycles. The van der Waals surface area contributed by atoms with Crippen molar-refractivity contribution in [2.75, 3.05) is 59.5 Å². The summed E-state index contributed by atoms with van der Waals surface area (Å²) in [5.41, 5.74) is 0.459. The number of rotatable bonds is 7. The van der Waals surface area contributed by atoms with Crippen LogP contribution in [0.5, 0.6) is 0 Å². The molecule has 1 unspecified atom stereocenters. The number of morpholine rings is 1. The van der Waals surface area contributed by atoms with Crippen LogP contribution in [0.15, 0.2) is 4.99 Å². The molecule has 0 aromatic rings. The molecular weight excluding hydrogens is 427 g/mol. The van der Waals surface area contributed by atoms with E-state index in [4.69, 9.17) is 4.74 Å². The topological polar surface area (TPSA) is 40.1 Å². The summed E-state index contributed by atoms with van der Waals surface area (Å²) in [4.78, 5) is 9.52. The third-order valence-electron chi connectivity index (χ3n) is 5.43. The molecule has 0 amide bonds. The van der Waals surface area contributed by atoms with E-state index in [9.17, 15) is 0 Å². The lowest BCUT2D eigenvalue weighted by Crippen LogP contribution is -2.50. The second-order valence-electron chi connectivity index (χ2n) is 7.72. The highest BCUT2D eigenvalue weighted by Crippen LogP contribution is 2.33. The fourth-order valence-electron chi connectivity index (χ4n) is 4.12. The minimum Gasteiger partial charge on any atom is -0.379 e. The van der Waals surface area contributed by atoms with Crippen molar-refractivity contribution in [3.8, 4) is 0 Å². The summed E-state index contributed by atoms with van der Waals surface area (Å²) in [7, 11) is 1.92. The normalized spacial score (nSPS) is 25.6. The first-order valence-corrected chi connectivity index (χ1v) is 9.92. The summed E-state index contributed by atoms with van der Waals surface area (Å²) in [6.07, 6.45) is 7.69. The van der Waals surface area contributed by atoms with Gasteiger partial charge in [-0.15, -0.1) is 24.0 Å². The van der Waals surface area contributed by atoms with E-state index < -0.39 is 0 Å². The van der Waals surface area contributed by atoms with Gasteiger partial charge in [0.05, 0.1) is 13.2 Å². The Bertz CT molecular complexity index is 384. The molecule has 2 fully saturated rings. The Hall–Kier alpha value is -0.0800. The molecule has 2 heterocycles. The molecule has 148 valence electrons. The number of ether oxygens (including phenoxy) is 1. The zero-order valence-corrected chi connectivity index (χ0v) is 18.9. The molecule has 25 heavy (non-hydrogen) atoms. The smallest absolute Gasteiger partial charge is 0.193 e. The average molecular weight is 466 g/mol. The van der Waals surface area contributed by atoms with E-state index in [1.54, 1.807) is 0 Å². The molecule has 2 saturated heterocycles. The quantitative estimate of drug-likeness (QED) is 0.271. The van der Waals surface area contributed by atoms with Crippen molar-refractivity contribution in [2.45, 2.75) is 52.4 Å². The maximum atomic E-state index is 5.40. The summed E-state index contributed by atoms with van der Waals surface area (Å²) >= 11 is 0. The molecule has 0 spiro atoms. The Morgan fingerprint density at radius 2 is 1.96 bits per heavy atom. The van der Waals surface area contributed by atoms with Gasteiger partial charge in [-0.3, -0.25) is 9.89 Å². The number of hydrogen-bond acceptors (Lipinski definition) is 3. The number of halogens is 1. The number of unbranched alkanes of at least 4 members (excludes halogenated alkanes) is 1. The van der Waals surface area contributed by atoms with Crippen LogP contribution in [0.1, 0.15) is 52.4 Å². The van der Waals surface area contributed by atoms with Crippen molar-refractivity contribution >= 4 is 29.9 Å². The van der Waals surface area contributed by atoms with E-state index in [0.29, 0.717) is 5.41 Å².